The van der Waals surface area contributed by atoms with E-state index < -0.39 is 21.7 Å². The predicted molar refractivity (Wildman–Crippen MR) is 130 cm³/mol. The van der Waals surface area contributed by atoms with E-state index in [1.807, 2.05) is 0 Å². The van der Waals surface area contributed by atoms with Crippen molar-refractivity contribution in [2.45, 2.75) is 11.4 Å². The first-order chi connectivity index (χ1) is 16.8. The predicted octanol–water partition coefficient (Wildman–Crippen LogP) is 4.77. The van der Waals surface area contributed by atoms with E-state index in [4.69, 9.17) is 4.74 Å². The fourth-order valence-corrected chi connectivity index (χ4v) is 4.53. The highest BCUT2D eigenvalue weighted by atomic mass is 32.2. The Balaban J connectivity index is 1.43. The first kappa shape index (κ1) is 23.9. The van der Waals surface area contributed by atoms with Crippen molar-refractivity contribution in [2.24, 2.45) is 0 Å². The third-order valence-corrected chi connectivity index (χ3v) is 6.97. The van der Waals surface area contributed by atoms with Crippen LogP contribution in [0.2, 0.25) is 0 Å². The van der Waals surface area contributed by atoms with Gasteiger partial charge in [-0.2, -0.15) is 0 Å². The maximum atomic E-state index is 14.5. The van der Waals surface area contributed by atoms with Gasteiger partial charge < -0.3 is 10.1 Å². The molecule has 1 N–H and O–H groups in total. The highest BCUT2D eigenvalue weighted by molar-refractivity contribution is 7.92. The first-order valence-corrected chi connectivity index (χ1v) is 12.1. The Morgan fingerprint density at radius 2 is 1.80 bits per heavy atom. The number of hydrogen-bond donors (Lipinski definition) is 1. The molecule has 4 aromatic rings. The second-order valence-corrected chi connectivity index (χ2v) is 9.54. The van der Waals surface area contributed by atoms with E-state index in [2.05, 4.69) is 10.3 Å². The first-order valence-electron chi connectivity index (χ1n) is 10.6. The van der Waals surface area contributed by atoms with Crippen LogP contribution in [0.15, 0.2) is 102 Å². The molecule has 0 aliphatic carbocycles. The number of ether oxygens (including phenoxy) is 1. The number of halogens is 1. The van der Waals surface area contributed by atoms with Gasteiger partial charge in [0.25, 0.3) is 15.9 Å². The highest BCUT2D eigenvalue weighted by Gasteiger charge is 2.22. The van der Waals surface area contributed by atoms with Crippen LogP contribution in [0.5, 0.6) is 11.5 Å². The average molecular weight is 492 g/mol. The van der Waals surface area contributed by atoms with Crippen molar-refractivity contribution in [1.29, 1.82) is 0 Å². The summed E-state index contributed by atoms with van der Waals surface area (Å²) in [5, 5.41) is 2.69. The van der Waals surface area contributed by atoms with Gasteiger partial charge in [0.1, 0.15) is 5.75 Å². The second kappa shape index (κ2) is 10.4. The SMILES string of the molecule is CN(c1ccccc1)S(=O)(=O)c1cccc(C(=O)NCc2ccc(Oc3cccnc3)c(F)c2)c1. The van der Waals surface area contributed by atoms with Crippen molar-refractivity contribution in [2.75, 3.05) is 11.4 Å². The number of nitrogens with zero attached hydrogens (tertiary/aromatic N) is 2. The number of pyridine rings is 1. The zero-order valence-electron chi connectivity index (χ0n) is 18.8. The third-order valence-electron chi connectivity index (χ3n) is 5.19. The van der Waals surface area contributed by atoms with Gasteiger partial charge in [0.15, 0.2) is 11.6 Å². The normalized spacial score (nSPS) is 11.0. The number of anilines is 1. The van der Waals surface area contributed by atoms with Crippen LogP contribution in [0.25, 0.3) is 0 Å². The van der Waals surface area contributed by atoms with Gasteiger partial charge >= 0.3 is 0 Å². The Bertz CT molecular complexity index is 1430. The summed E-state index contributed by atoms with van der Waals surface area (Å²) in [5.41, 5.74) is 1.19. The lowest BCUT2D eigenvalue weighted by atomic mass is 10.2. The Labute approximate surface area is 202 Å². The minimum atomic E-state index is -3.87. The van der Waals surface area contributed by atoms with Gasteiger partial charge in [-0.1, -0.05) is 30.3 Å². The summed E-state index contributed by atoms with van der Waals surface area (Å²) < 4.78 is 47.1. The molecular weight excluding hydrogens is 469 g/mol. The highest BCUT2D eigenvalue weighted by Crippen LogP contribution is 2.25. The number of sulfonamides is 1. The molecule has 0 atom stereocenters. The largest absolute Gasteiger partial charge is 0.453 e. The van der Waals surface area contributed by atoms with E-state index in [1.165, 1.54) is 49.6 Å². The van der Waals surface area contributed by atoms with Crippen molar-refractivity contribution >= 4 is 21.6 Å². The summed E-state index contributed by atoms with van der Waals surface area (Å²) in [5.74, 6) is -0.633. The molecule has 0 spiro atoms. The molecule has 7 nitrogen and oxygen atoms in total. The quantitative estimate of drug-likeness (QED) is 0.384. The molecule has 0 radical (unpaired) electrons. The molecule has 0 aliphatic rings. The van der Waals surface area contributed by atoms with E-state index in [9.17, 15) is 17.6 Å². The number of carbonyl (C=O) groups is 1. The standard InChI is InChI=1S/C26H22FN3O4S/c1-30(21-8-3-2-4-9-21)35(32,33)23-11-5-7-20(16-23)26(31)29-17-19-12-13-25(24(27)15-19)34-22-10-6-14-28-18-22/h2-16,18H,17H2,1H3,(H,29,31). The molecule has 0 fully saturated rings. The summed E-state index contributed by atoms with van der Waals surface area (Å²) in [7, 11) is -2.41. The minimum Gasteiger partial charge on any atom is -0.453 e. The fraction of sp³-hybridized carbons (Fsp3) is 0.0769. The van der Waals surface area contributed by atoms with Crippen molar-refractivity contribution in [3.63, 3.8) is 0 Å². The number of aromatic nitrogens is 1. The maximum absolute atomic E-state index is 14.5. The number of benzene rings is 3. The van der Waals surface area contributed by atoms with Crippen LogP contribution in [0.4, 0.5) is 10.1 Å². The molecule has 1 aromatic heterocycles. The van der Waals surface area contributed by atoms with E-state index >= 15 is 0 Å². The maximum Gasteiger partial charge on any atom is 0.264 e. The zero-order valence-corrected chi connectivity index (χ0v) is 19.6. The molecule has 9 heteroatoms. The number of nitrogens with one attached hydrogen (secondary N) is 1. The average Bonchev–Trinajstić information content (AvgIpc) is 2.89. The molecule has 0 bridgehead atoms. The molecule has 4 rings (SSSR count). The lowest BCUT2D eigenvalue weighted by molar-refractivity contribution is 0.0950. The molecule has 35 heavy (non-hydrogen) atoms. The lowest BCUT2D eigenvalue weighted by Gasteiger charge is -2.19. The Morgan fingerprint density at radius 1 is 1.00 bits per heavy atom. The minimum absolute atomic E-state index is 0.0144. The number of rotatable bonds is 8. The van der Waals surface area contributed by atoms with Crippen molar-refractivity contribution < 1.29 is 22.3 Å². The van der Waals surface area contributed by atoms with E-state index in [0.717, 1.165) is 4.31 Å². The van der Waals surface area contributed by atoms with Crippen LogP contribution in [0, 0.1) is 5.82 Å². The topological polar surface area (TPSA) is 88.6 Å². The lowest BCUT2D eigenvalue weighted by Crippen LogP contribution is -2.27. The summed E-state index contributed by atoms with van der Waals surface area (Å²) in [6, 6.07) is 22.1. The number of amides is 1. The number of hydrogen-bond acceptors (Lipinski definition) is 5. The summed E-state index contributed by atoms with van der Waals surface area (Å²) >= 11 is 0. The van der Waals surface area contributed by atoms with Gasteiger partial charge in [-0.15, -0.1) is 0 Å². The third kappa shape index (κ3) is 5.64. The fourth-order valence-electron chi connectivity index (χ4n) is 3.29. The Kier molecular flexibility index (Phi) is 7.07. The Hall–Kier alpha value is -4.24. The van der Waals surface area contributed by atoms with Crippen LogP contribution < -0.4 is 14.4 Å². The van der Waals surface area contributed by atoms with Crippen molar-refractivity contribution in [3.05, 3.63) is 114 Å². The van der Waals surface area contributed by atoms with E-state index in [1.54, 1.807) is 54.7 Å². The van der Waals surface area contributed by atoms with Gasteiger partial charge in [-0.3, -0.25) is 14.1 Å². The smallest absolute Gasteiger partial charge is 0.264 e. The van der Waals surface area contributed by atoms with Crippen LogP contribution >= 0.6 is 0 Å². The molecule has 178 valence electrons. The van der Waals surface area contributed by atoms with E-state index in [-0.39, 0.29) is 22.8 Å². The van der Waals surface area contributed by atoms with Crippen molar-refractivity contribution in [3.8, 4) is 11.5 Å². The molecule has 0 unspecified atom stereocenters. The van der Waals surface area contributed by atoms with Gasteiger partial charge in [0, 0.05) is 25.4 Å². The van der Waals surface area contributed by atoms with Crippen LogP contribution in [-0.4, -0.2) is 26.4 Å². The molecule has 0 saturated heterocycles. The molecule has 1 heterocycles. The molecular formula is C26H22FN3O4S. The molecule has 0 aliphatic heterocycles. The molecule has 0 saturated carbocycles. The van der Waals surface area contributed by atoms with Gasteiger partial charge in [0.2, 0.25) is 0 Å². The van der Waals surface area contributed by atoms with Crippen LogP contribution in [0.3, 0.4) is 0 Å². The molecule has 3 aromatic carbocycles. The van der Waals surface area contributed by atoms with Crippen LogP contribution in [0.1, 0.15) is 15.9 Å². The number of carbonyl (C=O) groups excluding carboxylic acids is 1. The van der Waals surface area contributed by atoms with Gasteiger partial charge in [-0.05, 0) is 60.2 Å². The van der Waals surface area contributed by atoms with Gasteiger partial charge in [0.05, 0.1) is 16.8 Å². The van der Waals surface area contributed by atoms with E-state index in [0.29, 0.717) is 17.0 Å². The monoisotopic (exact) mass is 491 g/mol. The summed E-state index contributed by atoms with van der Waals surface area (Å²) in [4.78, 5) is 16.6. The molecule has 1 amide bonds. The Morgan fingerprint density at radius 3 is 2.51 bits per heavy atom. The van der Waals surface area contributed by atoms with Crippen LogP contribution in [-0.2, 0) is 16.6 Å². The second-order valence-electron chi connectivity index (χ2n) is 7.57. The summed E-state index contributed by atoms with van der Waals surface area (Å²) in [6.45, 7) is 0.0455. The number of para-hydroxylation sites is 1. The van der Waals surface area contributed by atoms with Crippen molar-refractivity contribution in [1.82, 2.24) is 10.3 Å². The zero-order chi connectivity index (χ0) is 24.8. The summed E-state index contributed by atoms with van der Waals surface area (Å²) in [6.07, 6.45) is 3.06. The van der Waals surface area contributed by atoms with Gasteiger partial charge in [-0.25, -0.2) is 12.8 Å².